The lowest BCUT2D eigenvalue weighted by molar-refractivity contribution is 0.0696. The molecule has 2 aromatic carbocycles. The van der Waals surface area contributed by atoms with Gasteiger partial charge < -0.3 is 9.84 Å². The molecule has 1 unspecified atom stereocenters. The highest BCUT2D eigenvalue weighted by Crippen LogP contribution is 2.27. The molecule has 0 radical (unpaired) electrons. The van der Waals surface area contributed by atoms with Crippen molar-refractivity contribution in [3.63, 3.8) is 0 Å². The third-order valence-electron chi connectivity index (χ3n) is 3.17. The van der Waals surface area contributed by atoms with Crippen molar-refractivity contribution in [3.8, 4) is 5.75 Å². The maximum Gasteiger partial charge on any atom is 0.335 e. The van der Waals surface area contributed by atoms with E-state index in [1.807, 2.05) is 36.4 Å². The summed E-state index contributed by atoms with van der Waals surface area (Å²) in [6.45, 7) is 2.10. The van der Waals surface area contributed by atoms with Gasteiger partial charge in [0.25, 0.3) is 0 Å². The monoisotopic (exact) mass is 348 g/mol. The Balaban J connectivity index is 2.17. The van der Waals surface area contributed by atoms with Gasteiger partial charge in [-0.1, -0.05) is 41.4 Å². The summed E-state index contributed by atoms with van der Waals surface area (Å²) in [5, 5.41) is 8.94. The van der Waals surface area contributed by atoms with Gasteiger partial charge in [-0.3, -0.25) is 0 Å². The fourth-order valence-corrected chi connectivity index (χ4v) is 2.34. The third-order valence-corrected chi connectivity index (χ3v) is 3.70. The number of carbonyl (C=O) groups is 1. The van der Waals surface area contributed by atoms with E-state index in [-0.39, 0.29) is 11.7 Å². The zero-order valence-corrected chi connectivity index (χ0v) is 13.3. The summed E-state index contributed by atoms with van der Waals surface area (Å²) in [4.78, 5) is 10.9. The smallest absolute Gasteiger partial charge is 0.335 e. The van der Waals surface area contributed by atoms with Crippen molar-refractivity contribution in [2.75, 3.05) is 0 Å². The van der Waals surface area contributed by atoms with Gasteiger partial charge in [-0.25, -0.2) is 4.79 Å². The van der Waals surface area contributed by atoms with Crippen molar-refractivity contribution in [2.45, 2.75) is 25.9 Å². The van der Waals surface area contributed by atoms with E-state index in [4.69, 9.17) is 9.84 Å². The van der Waals surface area contributed by atoms with Crippen LogP contribution in [0.5, 0.6) is 5.75 Å². The Kier molecular flexibility index (Phi) is 5.39. The number of aromatic carboxylic acids is 1. The second-order valence-corrected chi connectivity index (χ2v) is 5.69. The second kappa shape index (κ2) is 7.27. The lowest BCUT2D eigenvalue weighted by Crippen LogP contribution is -2.08. The summed E-state index contributed by atoms with van der Waals surface area (Å²) >= 11 is 3.40. The standard InChI is InChI=1S/C17H17BrO3/c1-2-3-16(21-15-10-8-14(18)9-11-15)12-4-6-13(7-5-12)17(19)20/h4-11,16H,2-3H2,1H3,(H,19,20). The number of hydrogen-bond acceptors (Lipinski definition) is 2. The topological polar surface area (TPSA) is 46.5 Å². The highest BCUT2D eigenvalue weighted by molar-refractivity contribution is 9.10. The van der Waals surface area contributed by atoms with Crippen LogP contribution in [0, 0.1) is 0 Å². The molecular formula is C17H17BrO3. The third kappa shape index (κ3) is 4.33. The summed E-state index contributed by atoms with van der Waals surface area (Å²) in [7, 11) is 0. The zero-order valence-electron chi connectivity index (χ0n) is 11.8. The largest absolute Gasteiger partial charge is 0.486 e. The van der Waals surface area contributed by atoms with E-state index in [1.165, 1.54) is 0 Å². The molecule has 0 amide bonds. The van der Waals surface area contributed by atoms with E-state index in [0.29, 0.717) is 0 Å². The minimum atomic E-state index is -0.914. The van der Waals surface area contributed by atoms with Gasteiger partial charge in [-0.15, -0.1) is 0 Å². The Hall–Kier alpha value is -1.81. The predicted molar refractivity (Wildman–Crippen MR) is 85.8 cm³/mol. The number of halogens is 1. The van der Waals surface area contributed by atoms with Crippen molar-refractivity contribution in [2.24, 2.45) is 0 Å². The van der Waals surface area contributed by atoms with Crippen LogP contribution in [0.4, 0.5) is 0 Å². The number of ether oxygens (including phenoxy) is 1. The molecule has 0 saturated heterocycles. The first-order chi connectivity index (χ1) is 10.1. The molecule has 0 aromatic heterocycles. The second-order valence-electron chi connectivity index (χ2n) is 4.78. The molecule has 110 valence electrons. The Labute approximate surface area is 132 Å². The van der Waals surface area contributed by atoms with Crippen molar-refractivity contribution in [3.05, 3.63) is 64.1 Å². The quantitative estimate of drug-likeness (QED) is 0.792. The molecule has 0 aliphatic carbocycles. The van der Waals surface area contributed by atoms with Crippen LogP contribution >= 0.6 is 15.9 Å². The summed E-state index contributed by atoms with van der Waals surface area (Å²) in [6.07, 6.45) is 1.80. The highest BCUT2D eigenvalue weighted by atomic mass is 79.9. The molecule has 0 aliphatic heterocycles. The molecule has 4 heteroatoms. The van der Waals surface area contributed by atoms with E-state index in [2.05, 4.69) is 22.9 Å². The van der Waals surface area contributed by atoms with Crippen molar-refractivity contribution in [1.29, 1.82) is 0 Å². The lowest BCUT2D eigenvalue weighted by atomic mass is 10.0. The van der Waals surface area contributed by atoms with Gasteiger partial charge in [0.1, 0.15) is 11.9 Å². The van der Waals surface area contributed by atoms with Crippen molar-refractivity contribution >= 4 is 21.9 Å². The van der Waals surface area contributed by atoms with E-state index < -0.39 is 5.97 Å². The van der Waals surface area contributed by atoms with Gasteiger partial charge in [0.05, 0.1) is 5.56 Å². The zero-order chi connectivity index (χ0) is 15.2. The van der Waals surface area contributed by atoms with Crippen LogP contribution in [0.15, 0.2) is 53.0 Å². The summed E-state index contributed by atoms with van der Waals surface area (Å²) in [5.74, 6) is -0.110. The van der Waals surface area contributed by atoms with Gasteiger partial charge in [0, 0.05) is 4.47 Å². The minimum absolute atomic E-state index is 0.0704. The molecule has 21 heavy (non-hydrogen) atoms. The number of rotatable bonds is 6. The first-order valence-electron chi connectivity index (χ1n) is 6.85. The van der Waals surface area contributed by atoms with Crippen LogP contribution < -0.4 is 4.74 Å². The lowest BCUT2D eigenvalue weighted by Gasteiger charge is -2.19. The van der Waals surface area contributed by atoms with Gasteiger partial charge in [-0.05, 0) is 48.4 Å². The van der Waals surface area contributed by atoms with Gasteiger partial charge in [-0.2, -0.15) is 0 Å². The fourth-order valence-electron chi connectivity index (χ4n) is 2.07. The van der Waals surface area contributed by atoms with Gasteiger partial charge in [0.2, 0.25) is 0 Å². The van der Waals surface area contributed by atoms with Crippen LogP contribution in [-0.2, 0) is 0 Å². The average Bonchev–Trinajstić information content (AvgIpc) is 2.49. The van der Waals surface area contributed by atoms with Crippen molar-refractivity contribution in [1.82, 2.24) is 0 Å². The van der Waals surface area contributed by atoms with E-state index in [1.54, 1.807) is 12.1 Å². The van der Waals surface area contributed by atoms with Gasteiger partial charge >= 0.3 is 5.97 Å². The molecule has 1 N–H and O–H groups in total. The van der Waals surface area contributed by atoms with Crippen molar-refractivity contribution < 1.29 is 14.6 Å². The van der Waals surface area contributed by atoms with E-state index in [0.717, 1.165) is 28.6 Å². The molecule has 0 aliphatic rings. The Bertz CT molecular complexity index is 590. The predicted octanol–water partition coefficient (Wildman–Crippen LogP) is 5.07. The Morgan fingerprint density at radius 3 is 2.29 bits per heavy atom. The molecule has 3 nitrogen and oxygen atoms in total. The minimum Gasteiger partial charge on any atom is -0.486 e. The number of carboxylic acids is 1. The SMILES string of the molecule is CCCC(Oc1ccc(Br)cc1)c1ccc(C(=O)O)cc1. The highest BCUT2D eigenvalue weighted by Gasteiger charge is 2.13. The maximum absolute atomic E-state index is 10.9. The van der Waals surface area contributed by atoms with E-state index in [9.17, 15) is 4.79 Å². The Morgan fingerprint density at radius 1 is 1.14 bits per heavy atom. The number of benzene rings is 2. The molecule has 0 heterocycles. The Morgan fingerprint density at radius 2 is 1.76 bits per heavy atom. The number of carboxylic acid groups (broad SMARTS) is 1. The van der Waals surface area contributed by atoms with Crippen LogP contribution in [0.2, 0.25) is 0 Å². The van der Waals surface area contributed by atoms with Gasteiger partial charge in [0.15, 0.2) is 0 Å². The number of hydrogen-bond donors (Lipinski definition) is 1. The van der Waals surface area contributed by atoms with Crippen LogP contribution in [0.1, 0.15) is 41.8 Å². The maximum atomic E-state index is 10.9. The molecule has 0 bridgehead atoms. The molecule has 0 saturated carbocycles. The normalized spacial score (nSPS) is 11.9. The molecule has 1 atom stereocenters. The molecule has 0 spiro atoms. The molecule has 2 rings (SSSR count). The van der Waals surface area contributed by atoms with Crippen LogP contribution in [0.3, 0.4) is 0 Å². The molecule has 0 fully saturated rings. The van der Waals surface area contributed by atoms with E-state index >= 15 is 0 Å². The fraction of sp³-hybridized carbons (Fsp3) is 0.235. The molecular weight excluding hydrogens is 332 g/mol. The van der Waals surface area contributed by atoms with Crippen LogP contribution in [-0.4, -0.2) is 11.1 Å². The first kappa shape index (κ1) is 15.6. The summed E-state index contributed by atoms with van der Waals surface area (Å²) < 4.78 is 7.04. The summed E-state index contributed by atoms with van der Waals surface area (Å²) in [6, 6.07) is 14.6. The summed E-state index contributed by atoms with van der Waals surface area (Å²) in [5.41, 5.74) is 1.28. The first-order valence-corrected chi connectivity index (χ1v) is 7.65. The van der Waals surface area contributed by atoms with Crippen LogP contribution in [0.25, 0.3) is 0 Å². The average molecular weight is 349 g/mol. The molecule has 2 aromatic rings.